The molecule has 0 heterocycles. The molecule has 0 aliphatic carbocycles. The van der Waals surface area contributed by atoms with Crippen molar-refractivity contribution < 1.29 is 4.39 Å². The molecule has 0 amide bonds. The predicted octanol–water partition coefficient (Wildman–Crippen LogP) is 2.59. The number of halogens is 2. The summed E-state index contributed by atoms with van der Waals surface area (Å²) in [4.78, 5) is 0.628. The first-order valence-electron chi connectivity index (χ1n) is 2.73. The lowest BCUT2D eigenvalue weighted by Gasteiger charge is -1.97. The van der Waals surface area contributed by atoms with Crippen LogP contribution in [0, 0.1) is 20.7 Å². The van der Waals surface area contributed by atoms with Gasteiger partial charge in [0.2, 0.25) is 0 Å². The summed E-state index contributed by atoms with van der Waals surface area (Å²) in [6.45, 7) is 0. The Morgan fingerprint density at radius 3 is 2.73 bits per heavy atom. The first kappa shape index (κ1) is 8.81. The van der Waals surface area contributed by atoms with Crippen LogP contribution in [0.5, 0.6) is 0 Å². The van der Waals surface area contributed by atoms with Crippen LogP contribution >= 0.6 is 35.2 Å². The maximum Gasteiger partial charge on any atom is 0.142 e. The lowest BCUT2D eigenvalue weighted by Crippen LogP contribution is -1.86. The lowest BCUT2D eigenvalue weighted by molar-refractivity contribution is 0.621. The SMILES string of the molecule is N#Cc1cc(S)c(I)cc1F. The van der Waals surface area contributed by atoms with Gasteiger partial charge < -0.3 is 0 Å². The van der Waals surface area contributed by atoms with Gasteiger partial charge in [-0.15, -0.1) is 12.6 Å². The molecule has 0 saturated carbocycles. The highest BCUT2D eigenvalue weighted by atomic mass is 127. The van der Waals surface area contributed by atoms with Gasteiger partial charge in [0.25, 0.3) is 0 Å². The number of hydrogen-bond acceptors (Lipinski definition) is 2. The largest absolute Gasteiger partial charge is 0.206 e. The third-order valence-corrected chi connectivity index (χ3v) is 2.85. The van der Waals surface area contributed by atoms with Crippen LogP contribution in [-0.4, -0.2) is 0 Å². The summed E-state index contributed by atoms with van der Waals surface area (Å²) < 4.78 is 13.5. The second-order valence-corrected chi connectivity index (χ2v) is 3.54. The van der Waals surface area contributed by atoms with Crippen molar-refractivity contribution in [2.45, 2.75) is 4.90 Å². The van der Waals surface area contributed by atoms with E-state index in [0.717, 1.165) is 0 Å². The normalized spacial score (nSPS) is 9.27. The molecule has 0 aromatic heterocycles. The van der Waals surface area contributed by atoms with Crippen molar-refractivity contribution in [1.82, 2.24) is 0 Å². The molecule has 0 radical (unpaired) electrons. The Hall–Kier alpha value is -0.280. The summed E-state index contributed by atoms with van der Waals surface area (Å²) in [5, 5.41) is 8.41. The van der Waals surface area contributed by atoms with E-state index < -0.39 is 5.82 Å². The van der Waals surface area contributed by atoms with Gasteiger partial charge in [0.1, 0.15) is 11.9 Å². The van der Waals surface area contributed by atoms with Crippen molar-refractivity contribution in [3.63, 3.8) is 0 Å². The quantitative estimate of drug-likeness (QED) is 0.572. The zero-order chi connectivity index (χ0) is 8.43. The second kappa shape index (κ2) is 3.41. The molecule has 11 heavy (non-hydrogen) atoms. The van der Waals surface area contributed by atoms with Gasteiger partial charge in [-0.1, -0.05) is 0 Å². The number of thiol groups is 1. The van der Waals surface area contributed by atoms with Crippen molar-refractivity contribution in [1.29, 1.82) is 5.26 Å². The minimum absolute atomic E-state index is 0.0374. The van der Waals surface area contributed by atoms with E-state index >= 15 is 0 Å². The summed E-state index contributed by atoms with van der Waals surface area (Å²) in [6, 6.07) is 4.45. The number of nitrogens with zero attached hydrogens (tertiary/aromatic N) is 1. The number of nitriles is 1. The molecular weight excluding hydrogens is 276 g/mol. The van der Waals surface area contributed by atoms with Gasteiger partial charge in [-0.25, -0.2) is 4.39 Å². The molecule has 0 fully saturated rings. The van der Waals surface area contributed by atoms with Gasteiger partial charge in [0.05, 0.1) is 5.56 Å². The highest BCUT2D eigenvalue weighted by Crippen LogP contribution is 2.20. The third-order valence-electron chi connectivity index (χ3n) is 1.16. The monoisotopic (exact) mass is 279 g/mol. The zero-order valence-electron chi connectivity index (χ0n) is 5.31. The van der Waals surface area contributed by atoms with Crippen molar-refractivity contribution in [3.8, 4) is 6.07 Å². The molecule has 1 nitrogen and oxygen atoms in total. The Balaban J connectivity index is 3.35. The van der Waals surface area contributed by atoms with E-state index in [4.69, 9.17) is 5.26 Å². The van der Waals surface area contributed by atoms with Crippen LogP contribution in [0.3, 0.4) is 0 Å². The maximum atomic E-state index is 12.8. The predicted molar refractivity (Wildman–Crippen MR) is 51.1 cm³/mol. The number of rotatable bonds is 0. The van der Waals surface area contributed by atoms with Gasteiger partial charge in [0.15, 0.2) is 0 Å². The van der Waals surface area contributed by atoms with E-state index in [1.807, 2.05) is 22.6 Å². The molecule has 0 atom stereocenters. The molecule has 1 rings (SSSR count). The van der Waals surface area contributed by atoms with Crippen molar-refractivity contribution in [2.24, 2.45) is 0 Å². The van der Waals surface area contributed by atoms with Gasteiger partial charge in [-0.05, 0) is 34.7 Å². The molecule has 0 aliphatic heterocycles. The Morgan fingerprint density at radius 1 is 1.55 bits per heavy atom. The van der Waals surface area contributed by atoms with Gasteiger partial charge in [-0.2, -0.15) is 5.26 Å². The molecule has 56 valence electrons. The summed E-state index contributed by atoms with van der Waals surface area (Å²) >= 11 is 6.00. The van der Waals surface area contributed by atoms with E-state index in [9.17, 15) is 4.39 Å². The molecule has 1 aromatic carbocycles. The Morgan fingerprint density at radius 2 is 2.18 bits per heavy atom. The first-order valence-corrected chi connectivity index (χ1v) is 4.26. The van der Waals surface area contributed by atoms with Crippen LogP contribution in [-0.2, 0) is 0 Å². The van der Waals surface area contributed by atoms with Gasteiger partial charge >= 0.3 is 0 Å². The summed E-state index contributed by atoms with van der Waals surface area (Å²) in [6.07, 6.45) is 0. The van der Waals surface area contributed by atoms with E-state index in [1.165, 1.54) is 12.1 Å². The number of hydrogen-bond donors (Lipinski definition) is 1. The molecule has 0 spiro atoms. The fourth-order valence-corrected chi connectivity index (χ4v) is 1.25. The smallest absolute Gasteiger partial charge is 0.142 e. The molecule has 0 saturated heterocycles. The Bertz CT molecular complexity index is 332. The molecule has 0 bridgehead atoms. The second-order valence-electron chi connectivity index (χ2n) is 1.90. The minimum atomic E-state index is -0.491. The molecule has 0 unspecified atom stereocenters. The molecule has 0 aliphatic rings. The maximum absolute atomic E-state index is 12.8. The first-order chi connectivity index (χ1) is 5.15. The van der Waals surface area contributed by atoms with Crippen LogP contribution in [0.1, 0.15) is 5.56 Å². The van der Waals surface area contributed by atoms with Crippen LogP contribution in [0.25, 0.3) is 0 Å². The summed E-state index contributed by atoms with van der Waals surface area (Å²) in [5.74, 6) is -0.491. The average molecular weight is 279 g/mol. The van der Waals surface area contributed by atoms with Crippen LogP contribution < -0.4 is 0 Å². The zero-order valence-corrected chi connectivity index (χ0v) is 8.36. The van der Waals surface area contributed by atoms with Gasteiger partial charge in [0, 0.05) is 8.47 Å². The average Bonchev–Trinajstić information content (AvgIpc) is 1.97. The Kier molecular flexibility index (Phi) is 2.73. The topological polar surface area (TPSA) is 23.8 Å². The fourth-order valence-electron chi connectivity index (χ4n) is 0.623. The van der Waals surface area contributed by atoms with E-state index in [1.54, 1.807) is 6.07 Å². The number of benzene rings is 1. The van der Waals surface area contributed by atoms with E-state index in [2.05, 4.69) is 12.6 Å². The van der Waals surface area contributed by atoms with Crippen molar-refractivity contribution in [2.75, 3.05) is 0 Å². The van der Waals surface area contributed by atoms with Crippen molar-refractivity contribution >= 4 is 35.2 Å². The summed E-state index contributed by atoms with van der Waals surface area (Å²) in [5.41, 5.74) is 0.0374. The van der Waals surface area contributed by atoms with Crippen LogP contribution in [0.15, 0.2) is 17.0 Å². The van der Waals surface area contributed by atoms with Gasteiger partial charge in [-0.3, -0.25) is 0 Å². The van der Waals surface area contributed by atoms with E-state index in [-0.39, 0.29) is 5.56 Å². The standard InChI is InChI=1S/C7H3FINS/c8-5-2-6(9)7(11)1-4(5)3-10/h1-2,11H. The molecule has 1 aromatic rings. The molecule has 0 N–H and O–H groups in total. The van der Waals surface area contributed by atoms with Crippen LogP contribution in [0.2, 0.25) is 0 Å². The third kappa shape index (κ3) is 1.84. The highest BCUT2D eigenvalue weighted by Gasteiger charge is 2.04. The highest BCUT2D eigenvalue weighted by molar-refractivity contribution is 14.1. The fraction of sp³-hybridized carbons (Fsp3) is 0. The van der Waals surface area contributed by atoms with E-state index in [0.29, 0.717) is 8.47 Å². The molecular formula is C7H3FINS. The molecule has 4 heteroatoms. The lowest BCUT2D eigenvalue weighted by atomic mass is 10.2. The summed E-state index contributed by atoms with van der Waals surface area (Å²) in [7, 11) is 0. The minimum Gasteiger partial charge on any atom is -0.206 e. The Labute approximate surface area is 82.8 Å². The van der Waals surface area contributed by atoms with Crippen molar-refractivity contribution in [3.05, 3.63) is 27.1 Å². The van der Waals surface area contributed by atoms with Crippen LogP contribution in [0.4, 0.5) is 4.39 Å².